The van der Waals surface area contributed by atoms with Gasteiger partial charge in [0, 0.05) is 18.5 Å². The second-order valence-electron chi connectivity index (χ2n) is 6.05. The fraction of sp³-hybridized carbons (Fsp3) is 0.263. The molecule has 0 spiro atoms. The van der Waals surface area contributed by atoms with Crippen LogP contribution in [0.1, 0.15) is 18.4 Å². The van der Waals surface area contributed by atoms with Crippen molar-refractivity contribution in [2.45, 2.75) is 19.1 Å². The molecule has 0 saturated heterocycles. The van der Waals surface area contributed by atoms with E-state index in [9.17, 15) is 4.39 Å². The van der Waals surface area contributed by atoms with Crippen molar-refractivity contribution in [3.63, 3.8) is 0 Å². The Balaban J connectivity index is 1.85. The molecule has 0 aliphatic carbocycles. The van der Waals surface area contributed by atoms with Crippen LogP contribution in [0.25, 0.3) is 11.1 Å². The van der Waals surface area contributed by atoms with Crippen molar-refractivity contribution in [2.24, 2.45) is 15.7 Å². The smallest absolute Gasteiger partial charge is 0.214 e. The highest BCUT2D eigenvalue weighted by atomic mass is 32.2. The van der Waals surface area contributed by atoms with Gasteiger partial charge in [-0.2, -0.15) is 5.43 Å². The minimum Gasteiger partial charge on any atom is -0.378 e. The van der Waals surface area contributed by atoms with E-state index in [0.717, 1.165) is 17.0 Å². The number of nitrogens with two attached hydrogens (primary N) is 1. The van der Waals surface area contributed by atoms with Gasteiger partial charge in [0.15, 0.2) is 5.17 Å². The third-order valence-corrected chi connectivity index (χ3v) is 4.85. The zero-order valence-electron chi connectivity index (χ0n) is 15.0. The summed E-state index contributed by atoms with van der Waals surface area (Å²) >= 11 is 1.37. The Morgan fingerprint density at radius 3 is 2.69 bits per heavy atom. The Morgan fingerprint density at radius 1 is 1.31 bits per heavy atom. The van der Waals surface area contributed by atoms with Gasteiger partial charge in [-0.25, -0.2) is 14.4 Å². The lowest BCUT2D eigenvalue weighted by Gasteiger charge is -2.20. The number of likely N-dealkylation sites (N-methyl/N-ethyl adjacent to an activating group) is 1. The molecule has 0 bridgehead atoms. The summed E-state index contributed by atoms with van der Waals surface area (Å²) in [7, 11) is 1.87. The first-order chi connectivity index (χ1) is 12.5. The molecule has 0 amide bonds. The molecule has 0 fully saturated rings. The Labute approximate surface area is 157 Å². The maximum absolute atomic E-state index is 14.7. The van der Waals surface area contributed by atoms with Gasteiger partial charge < -0.3 is 5.73 Å². The van der Waals surface area contributed by atoms with Gasteiger partial charge in [-0.3, -0.25) is 5.01 Å². The molecule has 2 aromatic carbocycles. The third kappa shape index (κ3) is 3.89. The molecule has 1 aliphatic rings. The fourth-order valence-corrected chi connectivity index (χ4v) is 3.12. The van der Waals surface area contributed by atoms with E-state index in [1.54, 1.807) is 6.07 Å². The van der Waals surface area contributed by atoms with E-state index in [1.165, 1.54) is 11.8 Å². The zero-order chi connectivity index (χ0) is 18.7. The van der Waals surface area contributed by atoms with Crippen LogP contribution in [0.5, 0.6) is 0 Å². The van der Waals surface area contributed by atoms with Gasteiger partial charge in [-0.15, -0.1) is 0 Å². The Morgan fingerprint density at radius 2 is 2.04 bits per heavy atom. The highest BCUT2D eigenvalue weighted by molar-refractivity contribution is 8.13. The lowest BCUT2D eigenvalue weighted by Crippen LogP contribution is -2.38. The molecule has 2 unspecified atom stereocenters. The van der Waals surface area contributed by atoms with Crippen molar-refractivity contribution in [1.29, 1.82) is 0 Å². The average Bonchev–Trinajstić information content (AvgIpc) is 3.01. The lowest BCUT2D eigenvalue weighted by molar-refractivity contribution is 0.349. The second-order valence-corrected chi connectivity index (χ2v) is 6.87. The number of benzene rings is 2. The molecule has 3 N–H and O–H groups in total. The lowest BCUT2D eigenvalue weighted by atomic mass is 9.96. The van der Waals surface area contributed by atoms with Crippen molar-refractivity contribution in [3.05, 3.63) is 59.9 Å². The topological polar surface area (TPSA) is 66.0 Å². The van der Waals surface area contributed by atoms with Gasteiger partial charge in [-0.05, 0) is 23.4 Å². The molecular formula is C19H22FN5S. The highest BCUT2D eigenvalue weighted by Gasteiger charge is 2.26. The van der Waals surface area contributed by atoms with Crippen LogP contribution < -0.4 is 11.2 Å². The van der Waals surface area contributed by atoms with Crippen molar-refractivity contribution < 1.29 is 4.39 Å². The number of nitrogens with one attached hydrogen (secondary N) is 1. The summed E-state index contributed by atoms with van der Waals surface area (Å²) in [5, 5.41) is 2.28. The van der Waals surface area contributed by atoms with Crippen LogP contribution in [0.2, 0.25) is 0 Å². The summed E-state index contributed by atoms with van der Waals surface area (Å²) in [5.74, 6) is 0.470. The normalized spacial score (nSPS) is 18.8. The molecule has 2 atom stereocenters. The molecule has 1 heterocycles. The number of hydrogen-bond acceptors (Lipinski definition) is 5. The maximum Gasteiger partial charge on any atom is 0.214 e. The molecule has 7 heteroatoms. The van der Waals surface area contributed by atoms with Gasteiger partial charge in [0.2, 0.25) is 6.29 Å². The van der Waals surface area contributed by atoms with E-state index in [1.807, 2.05) is 67.7 Å². The van der Waals surface area contributed by atoms with Crippen LogP contribution in [0.15, 0.2) is 58.5 Å². The number of nitrogens with zero attached hydrogens (tertiary/aromatic N) is 3. The molecular weight excluding hydrogens is 349 g/mol. The zero-order valence-corrected chi connectivity index (χ0v) is 15.8. The molecule has 5 nitrogen and oxygen atoms in total. The van der Waals surface area contributed by atoms with Crippen molar-refractivity contribution in [1.82, 2.24) is 10.4 Å². The average molecular weight is 371 g/mol. The Hall–Kier alpha value is -2.38. The number of hydrazine groups is 1. The number of rotatable bonds is 4. The van der Waals surface area contributed by atoms with Gasteiger partial charge in [-0.1, -0.05) is 61.2 Å². The molecule has 26 heavy (non-hydrogen) atoms. The summed E-state index contributed by atoms with van der Waals surface area (Å²) in [6.07, 6.45) is 1.42. The number of hydrogen-bond donors (Lipinski definition) is 2. The van der Waals surface area contributed by atoms with E-state index in [4.69, 9.17) is 5.73 Å². The quantitative estimate of drug-likeness (QED) is 0.639. The summed E-state index contributed by atoms with van der Waals surface area (Å²) in [5.41, 5.74) is 11.2. The van der Waals surface area contributed by atoms with Gasteiger partial charge >= 0.3 is 0 Å². The van der Waals surface area contributed by atoms with Gasteiger partial charge in [0.05, 0.1) is 0 Å². The number of halogens is 1. The number of amidine groups is 2. The number of aliphatic imine (C=N–C) groups is 2. The van der Waals surface area contributed by atoms with Crippen LogP contribution in [0.3, 0.4) is 0 Å². The monoisotopic (exact) mass is 371 g/mol. The van der Waals surface area contributed by atoms with Crippen LogP contribution in [0.4, 0.5) is 4.39 Å². The van der Waals surface area contributed by atoms with Crippen LogP contribution in [-0.2, 0) is 0 Å². The summed E-state index contributed by atoms with van der Waals surface area (Å²) < 4.78 is 14.7. The van der Waals surface area contributed by atoms with E-state index in [-0.39, 0.29) is 11.7 Å². The van der Waals surface area contributed by atoms with Crippen molar-refractivity contribution in [3.8, 4) is 11.1 Å². The van der Waals surface area contributed by atoms with E-state index in [0.29, 0.717) is 10.7 Å². The summed E-state index contributed by atoms with van der Waals surface area (Å²) in [6, 6.07) is 14.9. The molecule has 2 aromatic rings. The van der Waals surface area contributed by atoms with Crippen LogP contribution in [-0.4, -0.2) is 35.6 Å². The molecule has 136 valence electrons. The first-order valence-electron chi connectivity index (χ1n) is 8.29. The fourth-order valence-electron chi connectivity index (χ4n) is 2.91. The van der Waals surface area contributed by atoms with E-state index >= 15 is 0 Å². The molecule has 0 aromatic heterocycles. The number of thioether (sulfide) groups is 1. The third-order valence-electron chi connectivity index (χ3n) is 4.33. The molecule has 0 radical (unpaired) electrons. The molecule has 1 aliphatic heterocycles. The second kappa shape index (κ2) is 7.88. The highest BCUT2D eigenvalue weighted by Crippen LogP contribution is 2.28. The van der Waals surface area contributed by atoms with Gasteiger partial charge in [0.1, 0.15) is 11.7 Å². The standard InChI is InChI=1S/C19H22FN5S/c1-12(17-22-19(24-25(17)2)23-18(21)26-3)14-9-10-15(16(20)11-14)13-7-5-4-6-8-13/h4-12,19,24H,1-3H3,(H2,21,23). The minimum atomic E-state index is -0.446. The van der Waals surface area contributed by atoms with Crippen LogP contribution in [0, 0.1) is 5.82 Å². The molecule has 0 saturated carbocycles. The van der Waals surface area contributed by atoms with E-state index in [2.05, 4.69) is 15.4 Å². The summed E-state index contributed by atoms with van der Waals surface area (Å²) in [6.45, 7) is 2.00. The Bertz CT molecular complexity index is 837. The summed E-state index contributed by atoms with van der Waals surface area (Å²) in [4.78, 5) is 8.86. The maximum atomic E-state index is 14.7. The van der Waals surface area contributed by atoms with Crippen LogP contribution >= 0.6 is 11.8 Å². The SMILES string of the molecule is CSC(N)=NC1N=C(C(C)c2ccc(-c3ccccc3)c(F)c2)N(C)N1. The first-order valence-corrected chi connectivity index (χ1v) is 9.51. The van der Waals surface area contributed by atoms with Crippen molar-refractivity contribution in [2.75, 3.05) is 13.3 Å². The minimum absolute atomic E-state index is 0.0810. The predicted molar refractivity (Wildman–Crippen MR) is 108 cm³/mol. The van der Waals surface area contributed by atoms with Crippen molar-refractivity contribution >= 4 is 22.8 Å². The van der Waals surface area contributed by atoms with Gasteiger partial charge in [0.25, 0.3) is 0 Å². The molecule has 3 rings (SSSR count). The predicted octanol–water partition coefficient (Wildman–Crippen LogP) is 3.41. The Kier molecular flexibility index (Phi) is 5.58. The largest absolute Gasteiger partial charge is 0.378 e. The first kappa shape index (κ1) is 18.4. The van der Waals surface area contributed by atoms with E-state index < -0.39 is 6.29 Å².